The van der Waals surface area contributed by atoms with Gasteiger partial charge in [0.25, 0.3) is 0 Å². The molecule has 0 aliphatic carbocycles. The van der Waals surface area contributed by atoms with Crippen LogP contribution in [-0.2, 0) is 16.1 Å². The molecule has 5 nitrogen and oxygen atoms in total. The summed E-state index contributed by atoms with van der Waals surface area (Å²) in [6.07, 6.45) is -1.07. The van der Waals surface area contributed by atoms with E-state index in [4.69, 9.17) is 25.8 Å². The van der Waals surface area contributed by atoms with Gasteiger partial charge in [0.05, 0.1) is 12.7 Å². The number of ether oxygens (including phenoxy) is 3. The molecule has 0 aliphatic heterocycles. The number of carbonyl (C=O) groups is 1. The zero-order valence-corrected chi connectivity index (χ0v) is 16.5. The molecule has 3 aromatic rings. The minimum atomic E-state index is -1.07. The summed E-state index contributed by atoms with van der Waals surface area (Å²) in [7, 11) is 1.27. The van der Waals surface area contributed by atoms with E-state index >= 15 is 0 Å². The molecule has 28 heavy (non-hydrogen) atoms. The van der Waals surface area contributed by atoms with Crippen LogP contribution in [0, 0.1) is 11.3 Å². The van der Waals surface area contributed by atoms with Crippen LogP contribution >= 0.6 is 22.9 Å². The van der Waals surface area contributed by atoms with Crippen molar-refractivity contribution in [3.63, 3.8) is 0 Å². The van der Waals surface area contributed by atoms with Crippen LogP contribution < -0.4 is 9.47 Å². The monoisotopic (exact) mass is 413 g/mol. The number of esters is 1. The molecule has 7 heteroatoms. The second-order valence-electron chi connectivity index (χ2n) is 5.77. The maximum absolute atomic E-state index is 12.3. The fraction of sp³-hybridized carbons (Fsp3) is 0.143. The van der Waals surface area contributed by atoms with Gasteiger partial charge >= 0.3 is 5.97 Å². The molecule has 0 N–H and O–H groups in total. The zero-order chi connectivity index (χ0) is 19.9. The molecular formula is C21H16ClNO4S. The summed E-state index contributed by atoms with van der Waals surface area (Å²) in [5.74, 6) is 0.145. The first kappa shape index (κ1) is 19.7. The number of methoxy groups -OCH3 is 1. The van der Waals surface area contributed by atoms with Gasteiger partial charge in [-0.05, 0) is 46.7 Å². The highest BCUT2D eigenvalue weighted by atomic mass is 35.5. The van der Waals surface area contributed by atoms with E-state index in [-0.39, 0.29) is 11.3 Å². The summed E-state index contributed by atoms with van der Waals surface area (Å²) in [6.45, 7) is 0.392. The lowest BCUT2D eigenvalue weighted by Crippen LogP contribution is -2.20. The quantitative estimate of drug-likeness (QED) is 0.501. The topological polar surface area (TPSA) is 68.6 Å². The molecule has 0 saturated heterocycles. The summed E-state index contributed by atoms with van der Waals surface area (Å²) in [4.78, 5) is 12.3. The van der Waals surface area contributed by atoms with Crippen molar-refractivity contribution >= 4 is 28.9 Å². The summed E-state index contributed by atoms with van der Waals surface area (Å²) < 4.78 is 16.5. The van der Waals surface area contributed by atoms with Gasteiger partial charge in [-0.3, -0.25) is 0 Å². The van der Waals surface area contributed by atoms with Crippen molar-refractivity contribution in [1.29, 1.82) is 5.26 Å². The van der Waals surface area contributed by atoms with Gasteiger partial charge in [-0.25, -0.2) is 4.79 Å². The average molecular weight is 414 g/mol. The third-order valence-corrected chi connectivity index (χ3v) is 4.84. The Hall–Kier alpha value is -3.01. The molecule has 0 aliphatic rings. The van der Waals surface area contributed by atoms with Gasteiger partial charge in [-0.2, -0.15) is 16.6 Å². The van der Waals surface area contributed by atoms with Gasteiger partial charge < -0.3 is 14.2 Å². The minimum Gasteiger partial charge on any atom is -0.489 e. The molecule has 1 atom stereocenters. The maximum Gasteiger partial charge on any atom is 0.351 e. The van der Waals surface area contributed by atoms with Crippen LogP contribution in [0.4, 0.5) is 0 Å². The van der Waals surface area contributed by atoms with Crippen LogP contribution in [-0.4, -0.2) is 13.1 Å². The molecule has 1 heterocycles. The average Bonchev–Trinajstić information content (AvgIpc) is 3.23. The highest BCUT2D eigenvalue weighted by Crippen LogP contribution is 2.31. The Kier molecular flexibility index (Phi) is 6.53. The normalized spacial score (nSPS) is 11.3. The van der Waals surface area contributed by atoms with Gasteiger partial charge in [0.2, 0.25) is 6.10 Å². The standard InChI is InChI=1S/C21H16ClNO4S/c1-25-21(24)20(15-3-2-4-17(22)9-15)27-19-10-18(6-5-16(19)11-23)26-12-14-7-8-28-13-14/h2-10,13,20H,12H2,1H3. The van der Waals surface area contributed by atoms with E-state index in [9.17, 15) is 10.1 Å². The zero-order valence-electron chi connectivity index (χ0n) is 14.9. The number of carbonyl (C=O) groups excluding carboxylic acids is 1. The fourth-order valence-corrected chi connectivity index (χ4v) is 3.33. The molecule has 0 amide bonds. The molecule has 0 fully saturated rings. The van der Waals surface area contributed by atoms with Gasteiger partial charge in [-0.1, -0.05) is 23.7 Å². The van der Waals surface area contributed by atoms with E-state index < -0.39 is 12.1 Å². The van der Waals surface area contributed by atoms with Crippen LogP contribution in [0.25, 0.3) is 0 Å². The van der Waals surface area contributed by atoms with Gasteiger partial charge in [0.1, 0.15) is 24.2 Å². The Morgan fingerprint density at radius 3 is 2.79 bits per heavy atom. The first-order valence-electron chi connectivity index (χ1n) is 8.28. The van der Waals surface area contributed by atoms with Crippen molar-refractivity contribution in [3.8, 4) is 17.6 Å². The molecule has 0 saturated carbocycles. The molecule has 1 aromatic heterocycles. The van der Waals surface area contributed by atoms with Crippen molar-refractivity contribution in [1.82, 2.24) is 0 Å². The summed E-state index contributed by atoms with van der Waals surface area (Å²) in [6, 6.07) is 15.6. The molecule has 1 unspecified atom stereocenters. The number of hydrogen-bond donors (Lipinski definition) is 0. The molecule has 142 valence electrons. The minimum absolute atomic E-state index is 0.223. The fourth-order valence-electron chi connectivity index (χ4n) is 2.48. The van der Waals surface area contributed by atoms with Gasteiger partial charge in [-0.15, -0.1) is 0 Å². The largest absolute Gasteiger partial charge is 0.489 e. The molecular weight excluding hydrogens is 398 g/mol. The van der Waals surface area contributed by atoms with Crippen molar-refractivity contribution in [3.05, 3.63) is 81.0 Å². The number of nitriles is 1. The van der Waals surface area contributed by atoms with Crippen LogP contribution in [0.5, 0.6) is 11.5 Å². The molecule has 0 bridgehead atoms. The van der Waals surface area contributed by atoms with Crippen molar-refractivity contribution in [2.24, 2.45) is 0 Å². The molecule has 2 aromatic carbocycles. The number of hydrogen-bond acceptors (Lipinski definition) is 6. The number of thiophene rings is 1. The Morgan fingerprint density at radius 1 is 1.25 bits per heavy atom. The highest BCUT2D eigenvalue weighted by molar-refractivity contribution is 7.07. The lowest BCUT2D eigenvalue weighted by Gasteiger charge is -2.19. The Balaban J connectivity index is 1.87. The Bertz CT molecular complexity index is 998. The molecule has 3 rings (SSSR count). The van der Waals surface area contributed by atoms with Crippen LogP contribution in [0.1, 0.15) is 22.8 Å². The predicted octanol–water partition coefficient (Wildman–Crippen LogP) is 5.15. The number of nitrogens with zero attached hydrogens (tertiary/aromatic N) is 1. The highest BCUT2D eigenvalue weighted by Gasteiger charge is 2.25. The van der Waals surface area contributed by atoms with Crippen molar-refractivity contribution in [2.45, 2.75) is 12.7 Å². The molecule has 0 spiro atoms. The summed E-state index contributed by atoms with van der Waals surface area (Å²) in [5.41, 5.74) is 1.84. The van der Waals surface area contributed by atoms with Crippen LogP contribution in [0.15, 0.2) is 59.3 Å². The lowest BCUT2D eigenvalue weighted by molar-refractivity contribution is -0.149. The van der Waals surface area contributed by atoms with E-state index in [2.05, 4.69) is 6.07 Å². The van der Waals surface area contributed by atoms with E-state index in [1.165, 1.54) is 7.11 Å². The Morgan fingerprint density at radius 2 is 2.11 bits per heavy atom. The number of rotatable bonds is 7. The second-order valence-corrected chi connectivity index (χ2v) is 6.98. The van der Waals surface area contributed by atoms with E-state index in [1.54, 1.807) is 53.8 Å². The van der Waals surface area contributed by atoms with Crippen LogP contribution in [0.2, 0.25) is 5.02 Å². The SMILES string of the molecule is COC(=O)C(Oc1cc(OCc2ccsc2)ccc1C#N)c1cccc(Cl)c1. The number of benzene rings is 2. The van der Waals surface area contributed by atoms with E-state index in [1.807, 2.05) is 16.8 Å². The first-order chi connectivity index (χ1) is 13.6. The molecule has 0 radical (unpaired) electrons. The van der Waals surface area contributed by atoms with Gasteiger partial charge in [0.15, 0.2) is 0 Å². The lowest BCUT2D eigenvalue weighted by atomic mass is 10.1. The number of halogens is 1. The van der Waals surface area contributed by atoms with E-state index in [0.717, 1.165) is 5.56 Å². The maximum atomic E-state index is 12.3. The predicted molar refractivity (Wildman–Crippen MR) is 107 cm³/mol. The third kappa shape index (κ3) is 4.83. The first-order valence-corrected chi connectivity index (χ1v) is 9.60. The second kappa shape index (κ2) is 9.27. The summed E-state index contributed by atoms with van der Waals surface area (Å²) >= 11 is 7.62. The van der Waals surface area contributed by atoms with E-state index in [0.29, 0.717) is 22.9 Å². The van der Waals surface area contributed by atoms with Crippen molar-refractivity contribution < 1.29 is 19.0 Å². The smallest absolute Gasteiger partial charge is 0.351 e. The van der Waals surface area contributed by atoms with Gasteiger partial charge in [0, 0.05) is 16.7 Å². The Labute approximate surface area is 171 Å². The summed E-state index contributed by atoms with van der Waals surface area (Å²) in [5, 5.41) is 13.8. The third-order valence-electron chi connectivity index (χ3n) is 3.87. The van der Waals surface area contributed by atoms with Crippen LogP contribution in [0.3, 0.4) is 0 Å². The van der Waals surface area contributed by atoms with Crippen molar-refractivity contribution in [2.75, 3.05) is 7.11 Å².